The first-order valence-corrected chi connectivity index (χ1v) is 5.72. The van der Waals surface area contributed by atoms with Crippen molar-refractivity contribution in [1.82, 2.24) is 9.97 Å². The van der Waals surface area contributed by atoms with Gasteiger partial charge in [-0.1, -0.05) is 25.1 Å². The maximum Gasteiger partial charge on any atom is 0.120 e. The normalized spacial score (nSPS) is 17.9. The average molecular weight is 259 g/mol. The number of hydrogen-bond acceptors (Lipinski definition) is 2. The second-order valence-corrected chi connectivity index (χ2v) is 4.69. The highest BCUT2D eigenvalue weighted by atomic mass is 79.9. The summed E-state index contributed by atoms with van der Waals surface area (Å²) in [4.78, 5) is 7.53. The second-order valence-electron chi connectivity index (χ2n) is 3.43. The molecule has 0 saturated heterocycles. The third kappa shape index (κ3) is 1.99. The Bertz CT molecular complexity index is 355. The van der Waals surface area contributed by atoms with Gasteiger partial charge in [-0.05, 0) is 28.8 Å². The van der Waals surface area contributed by atoms with Crippen molar-refractivity contribution in [3.05, 3.63) is 21.1 Å². The smallest absolute Gasteiger partial charge is 0.120 e. The van der Waals surface area contributed by atoms with Crippen LogP contribution in [0.2, 0.25) is 0 Å². The van der Waals surface area contributed by atoms with Crippen molar-refractivity contribution in [1.29, 1.82) is 0 Å². The summed E-state index contributed by atoms with van der Waals surface area (Å²) in [6, 6.07) is 0. The minimum Gasteiger partial charge on any atom is -0.334 e. The second kappa shape index (κ2) is 3.88. The molecule has 1 aromatic heterocycles. The van der Waals surface area contributed by atoms with Crippen molar-refractivity contribution in [3.63, 3.8) is 0 Å². The molecule has 1 saturated carbocycles. The fourth-order valence-corrected chi connectivity index (χ4v) is 2.16. The van der Waals surface area contributed by atoms with E-state index in [4.69, 9.17) is 12.2 Å². The summed E-state index contributed by atoms with van der Waals surface area (Å²) in [6.45, 7) is 0. The monoisotopic (exact) mass is 258 g/mol. The molecule has 4 heteroatoms. The molecule has 13 heavy (non-hydrogen) atoms. The molecule has 0 atom stereocenters. The van der Waals surface area contributed by atoms with E-state index in [0.29, 0.717) is 5.92 Å². The topological polar surface area (TPSA) is 28.7 Å². The summed E-state index contributed by atoms with van der Waals surface area (Å²) in [6.07, 6.45) is 6.94. The minimum absolute atomic E-state index is 0.606. The van der Waals surface area contributed by atoms with Crippen LogP contribution >= 0.6 is 28.1 Å². The highest BCUT2D eigenvalue weighted by molar-refractivity contribution is 9.10. The van der Waals surface area contributed by atoms with Gasteiger partial charge in [-0.25, -0.2) is 4.98 Å². The molecule has 0 amide bonds. The van der Waals surface area contributed by atoms with Gasteiger partial charge in [-0.3, -0.25) is 0 Å². The van der Waals surface area contributed by atoms with Crippen molar-refractivity contribution in [2.75, 3.05) is 0 Å². The largest absolute Gasteiger partial charge is 0.334 e. The van der Waals surface area contributed by atoms with Crippen LogP contribution in [-0.2, 0) is 0 Å². The predicted octanol–water partition coefficient (Wildman–Crippen LogP) is 3.56. The Labute approximate surface area is 90.9 Å². The van der Waals surface area contributed by atoms with E-state index in [1.807, 2.05) is 0 Å². The van der Waals surface area contributed by atoms with Gasteiger partial charge in [0.1, 0.15) is 10.5 Å². The van der Waals surface area contributed by atoms with Gasteiger partial charge in [-0.2, -0.15) is 0 Å². The fraction of sp³-hybridized carbons (Fsp3) is 0.556. The quantitative estimate of drug-likeness (QED) is 0.781. The van der Waals surface area contributed by atoms with E-state index in [2.05, 4.69) is 25.9 Å². The number of halogens is 1. The van der Waals surface area contributed by atoms with Gasteiger partial charge in [0.25, 0.3) is 0 Å². The maximum absolute atomic E-state index is 5.13. The van der Waals surface area contributed by atoms with Crippen LogP contribution in [0.25, 0.3) is 0 Å². The van der Waals surface area contributed by atoms with Crippen molar-refractivity contribution in [2.45, 2.75) is 31.6 Å². The van der Waals surface area contributed by atoms with Crippen LogP contribution in [0.3, 0.4) is 0 Å². The average Bonchev–Trinajstić information content (AvgIpc) is 2.62. The van der Waals surface area contributed by atoms with E-state index in [0.717, 1.165) is 14.9 Å². The SMILES string of the molecule is S=c1[nH]c(C2CCCC2)ncc1Br. The number of hydrogen-bond donors (Lipinski definition) is 1. The van der Waals surface area contributed by atoms with Gasteiger partial charge in [0.15, 0.2) is 0 Å². The molecule has 1 aromatic rings. The Morgan fingerprint density at radius 2 is 2.15 bits per heavy atom. The molecular formula is C9H11BrN2S. The van der Waals surface area contributed by atoms with Gasteiger partial charge in [0.2, 0.25) is 0 Å². The van der Waals surface area contributed by atoms with E-state index in [9.17, 15) is 0 Å². The van der Waals surface area contributed by atoms with Crippen LogP contribution in [-0.4, -0.2) is 9.97 Å². The van der Waals surface area contributed by atoms with E-state index in [1.165, 1.54) is 25.7 Å². The third-order valence-corrected chi connectivity index (χ3v) is 3.70. The zero-order valence-electron chi connectivity index (χ0n) is 7.22. The first-order valence-electron chi connectivity index (χ1n) is 4.52. The van der Waals surface area contributed by atoms with Crippen LogP contribution in [0.4, 0.5) is 0 Å². The molecule has 0 aromatic carbocycles. The lowest BCUT2D eigenvalue weighted by molar-refractivity contribution is 0.665. The first-order chi connectivity index (χ1) is 6.27. The van der Waals surface area contributed by atoms with E-state index in [1.54, 1.807) is 6.20 Å². The molecule has 2 nitrogen and oxygen atoms in total. The van der Waals surface area contributed by atoms with Gasteiger partial charge in [-0.15, -0.1) is 0 Å². The molecule has 1 aliphatic carbocycles. The summed E-state index contributed by atoms with van der Waals surface area (Å²) < 4.78 is 1.64. The Kier molecular flexibility index (Phi) is 2.79. The van der Waals surface area contributed by atoms with Crippen molar-refractivity contribution < 1.29 is 0 Å². The van der Waals surface area contributed by atoms with Crippen LogP contribution in [0.15, 0.2) is 10.7 Å². The highest BCUT2D eigenvalue weighted by Gasteiger charge is 2.18. The predicted molar refractivity (Wildman–Crippen MR) is 58.3 cm³/mol. The summed E-state index contributed by atoms with van der Waals surface area (Å²) >= 11 is 8.47. The molecular weight excluding hydrogens is 248 g/mol. The number of aromatic amines is 1. The summed E-state index contributed by atoms with van der Waals surface area (Å²) in [5.74, 6) is 1.67. The molecule has 0 unspecified atom stereocenters. The molecule has 2 rings (SSSR count). The number of nitrogens with zero attached hydrogens (tertiary/aromatic N) is 1. The van der Waals surface area contributed by atoms with E-state index < -0.39 is 0 Å². The molecule has 0 aliphatic heterocycles. The molecule has 0 bridgehead atoms. The number of aromatic nitrogens is 2. The maximum atomic E-state index is 5.13. The van der Waals surface area contributed by atoms with Gasteiger partial charge in [0, 0.05) is 12.1 Å². The molecule has 0 spiro atoms. The Hall–Kier alpha value is -0.220. The Balaban J connectivity index is 2.30. The molecule has 1 N–H and O–H groups in total. The van der Waals surface area contributed by atoms with Crippen molar-refractivity contribution >= 4 is 28.1 Å². The number of H-pyrrole nitrogens is 1. The lowest BCUT2D eigenvalue weighted by Gasteiger charge is -2.07. The standard InChI is InChI=1S/C9H11BrN2S/c10-7-5-11-8(12-9(7)13)6-3-1-2-4-6/h5-6H,1-4H2,(H,11,12,13). The van der Waals surface area contributed by atoms with Crippen LogP contribution in [0, 0.1) is 4.64 Å². The summed E-state index contributed by atoms with van der Waals surface area (Å²) in [5.41, 5.74) is 0. The van der Waals surface area contributed by atoms with Crippen molar-refractivity contribution in [3.8, 4) is 0 Å². The van der Waals surface area contributed by atoms with Crippen LogP contribution in [0.1, 0.15) is 37.4 Å². The zero-order chi connectivity index (χ0) is 9.26. The molecule has 1 aliphatic rings. The van der Waals surface area contributed by atoms with Gasteiger partial charge >= 0.3 is 0 Å². The molecule has 70 valence electrons. The molecule has 1 heterocycles. The highest BCUT2D eigenvalue weighted by Crippen LogP contribution is 2.32. The molecule has 1 fully saturated rings. The van der Waals surface area contributed by atoms with E-state index >= 15 is 0 Å². The zero-order valence-corrected chi connectivity index (χ0v) is 9.62. The van der Waals surface area contributed by atoms with Gasteiger partial charge < -0.3 is 4.98 Å². The third-order valence-electron chi connectivity index (χ3n) is 2.52. The van der Waals surface area contributed by atoms with Crippen LogP contribution in [0.5, 0.6) is 0 Å². The summed E-state index contributed by atoms with van der Waals surface area (Å²) in [5, 5.41) is 0. The number of nitrogens with one attached hydrogen (secondary N) is 1. The van der Waals surface area contributed by atoms with Crippen LogP contribution < -0.4 is 0 Å². The minimum atomic E-state index is 0.606. The van der Waals surface area contributed by atoms with Gasteiger partial charge in [0.05, 0.1) is 4.47 Å². The molecule has 0 radical (unpaired) electrons. The summed E-state index contributed by atoms with van der Waals surface area (Å²) in [7, 11) is 0. The van der Waals surface area contributed by atoms with Crippen molar-refractivity contribution in [2.24, 2.45) is 0 Å². The lowest BCUT2D eigenvalue weighted by atomic mass is 10.1. The van der Waals surface area contributed by atoms with E-state index in [-0.39, 0.29) is 0 Å². The first kappa shape index (κ1) is 9.34. The fourth-order valence-electron chi connectivity index (χ4n) is 1.80. The number of rotatable bonds is 1. The Morgan fingerprint density at radius 3 is 2.77 bits per heavy atom. The Morgan fingerprint density at radius 1 is 1.46 bits per heavy atom. The lowest BCUT2D eigenvalue weighted by Crippen LogP contribution is -2.00.